The van der Waals surface area contributed by atoms with Crippen LogP contribution in [-0.4, -0.2) is 21.6 Å². The number of benzene rings is 2. The SMILES string of the molecule is Cc1c(C(=O)C(C)Oc2ccc(F)cc2)c(O)n(Cc2ccccc2Cl)c(=O)c1C#N. The summed E-state index contributed by atoms with van der Waals surface area (Å²) in [6.07, 6.45) is -1.08. The van der Waals surface area contributed by atoms with Gasteiger partial charge < -0.3 is 9.84 Å². The fourth-order valence-corrected chi connectivity index (χ4v) is 3.36. The van der Waals surface area contributed by atoms with Crippen molar-refractivity contribution in [3.05, 3.63) is 92.0 Å². The van der Waals surface area contributed by atoms with Gasteiger partial charge >= 0.3 is 0 Å². The van der Waals surface area contributed by atoms with Gasteiger partial charge in [-0.25, -0.2) is 4.39 Å². The van der Waals surface area contributed by atoms with E-state index >= 15 is 0 Å². The van der Waals surface area contributed by atoms with Crippen molar-refractivity contribution in [1.82, 2.24) is 4.57 Å². The monoisotopic (exact) mass is 440 g/mol. The van der Waals surface area contributed by atoms with Crippen LogP contribution in [0.1, 0.15) is 34.0 Å². The molecule has 0 aliphatic rings. The van der Waals surface area contributed by atoms with Crippen molar-refractivity contribution in [3.63, 3.8) is 0 Å². The Morgan fingerprint density at radius 2 is 1.90 bits per heavy atom. The van der Waals surface area contributed by atoms with Gasteiger partial charge in [0.2, 0.25) is 11.7 Å². The van der Waals surface area contributed by atoms with Gasteiger partial charge in [-0.2, -0.15) is 5.26 Å². The molecule has 1 N–H and O–H groups in total. The van der Waals surface area contributed by atoms with E-state index in [9.17, 15) is 24.3 Å². The average molecular weight is 441 g/mol. The first-order chi connectivity index (χ1) is 14.7. The molecule has 3 rings (SSSR count). The Morgan fingerprint density at radius 3 is 2.52 bits per heavy atom. The number of nitrogens with zero attached hydrogens (tertiary/aromatic N) is 2. The lowest BCUT2D eigenvalue weighted by molar-refractivity contribution is 0.0812. The molecule has 3 aromatic rings. The van der Waals surface area contributed by atoms with Crippen LogP contribution in [0.15, 0.2) is 53.3 Å². The fourth-order valence-electron chi connectivity index (χ4n) is 3.16. The first-order valence-corrected chi connectivity index (χ1v) is 9.68. The van der Waals surface area contributed by atoms with Crippen LogP contribution in [0.5, 0.6) is 11.6 Å². The summed E-state index contributed by atoms with van der Waals surface area (Å²) in [7, 11) is 0. The number of aromatic nitrogens is 1. The third kappa shape index (κ3) is 4.44. The lowest BCUT2D eigenvalue weighted by Gasteiger charge is -2.19. The zero-order valence-corrected chi connectivity index (χ0v) is 17.5. The molecular formula is C23H18ClFN2O4. The van der Waals surface area contributed by atoms with Crippen LogP contribution < -0.4 is 10.3 Å². The van der Waals surface area contributed by atoms with Crippen molar-refractivity contribution in [1.29, 1.82) is 5.26 Å². The zero-order valence-electron chi connectivity index (χ0n) is 16.7. The lowest BCUT2D eigenvalue weighted by Crippen LogP contribution is -2.31. The Labute approximate surface area is 182 Å². The largest absolute Gasteiger partial charge is 0.494 e. The van der Waals surface area contributed by atoms with Gasteiger partial charge in [-0.1, -0.05) is 29.8 Å². The van der Waals surface area contributed by atoms with Gasteiger partial charge in [0.15, 0.2) is 6.10 Å². The highest BCUT2D eigenvalue weighted by molar-refractivity contribution is 6.31. The zero-order chi connectivity index (χ0) is 22.7. The summed E-state index contributed by atoms with van der Waals surface area (Å²) >= 11 is 6.16. The number of rotatable bonds is 6. The highest BCUT2D eigenvalue weighted by Crippen LogP contribution is 2.26. The number of hydrogen-bond acceptors (Lipinski definition) is 5. The summed E-state index contributed by atoms with van der Waals surface area (Å²) in [5.41, 5.74) is -0.607. The molecule has 0 fully saturated rings. The van der Waals surface area contributed by atoms with E-state index in [0.717, 1.165) is 4.57 Å². The number of carbonyl (C=O) groups is 1. The van der Waals surface area contributed by atoms with E-state index in [1.807, 2.05) is 6.07 Å². The van der Waals surface area contributed by atoms with Gasteiger partial charge in [-0.3, -0.25) is 14.2 Å². The second kappa shape index (κ2) is 9.02. The molecule has 1 atom stereocenters. The van der Waals surface area contributed by atoms with E-state index < -0.39 is 29.1 Å². The van der Waals surface area contributed by atoms with Crippen molar-refractivity contribution >= 4 is 17.4 Å². The standard InChI is InChI=1S/C23H18ClFN2O4/c1-13-18(11-26)22(29)27(12-15-5-3-4-6-19(15)24)23(30)20(13)21(28)14(2)31-17-9-7-16(25)8-10-17/h3-10,14,30H,12H2,1-2H3. The lowest BCUT2D eigenvalue weighted by atomic mass is 9.99. The Bertz CT molecular complexity index is 1250. The minimum absolute atomic E-state index is 0.0555. The fraction of sp³-hybridized carbons (Fsp3) is 0.174. The quantitative estimate of drug-likeness (QED) is 0.579. The van der Waals surface area contributed by atoms with Gasteiger partial charge in [-0.05, 0) is 55.3 Å². The van der Waals surface area contributed by atoms with Crippen LogP contribution in [0.2, 0.25) is 5.02 Å². The highest BCUT2D eigenvalue weighted by Gasteiger charge is 2.28. The van der Waals surface area contributed by atoms with E-state index in [2.05, 4.69) is 0 Å². The maximum absolute atomic E-state index is 13.1. The Morgan fingerprint density at radius 1 is 1.26 bits per heavy atom. The van der Waals surface area contributed by atoms with Crippen LogP contribution in [0.4, 0.5) is 4.39 Å². The number of pyridine rings is 1. The molecule has 2 aromatic carbocycles. The molecule has 0 radical (unpaired) electrons. The van der Waals surface area contributed by atoms with Crippen molar-refractivity contribution < 1.29 is 19.0 Å². The van der Waals surface area contributed by atoms with E-state index in [-0.39, 0.29) is 29.0 Å². The van der Waals surface area contributed by atoms with Gasteiger partial charge in [0.05, 0.1) is 12.1 Å². The van der Waals surface area contributed by atoms with Crippen LogP contribution in [0.25, 0.3) is 0 Å². The second-order valence-electron chi connectivity index (χ2n) is 6.87. The average Bonchev–Trinajstić information content (AvgIpc) is 2.74. The van der Waals surface area contributed by atoms with E-state index in [0.29, 0.717) is 10.6 Å². The molecule has 0 bridgehead atoms. The smallest absolute Gasteiger partial charge is 0.271 e. The molecule has 1 unspecified atom stereocenters. The number of halogens is 2. The van der Waals surface area contributed by atoms with E-state index in [1.54, 1.807) is 24.3 Å². The Hall–Kier alpha value is -3.63. The maximum atomic E-state index is 13.1. The van der Waals surface area contributed by atoms with Gasteiger partial charge in [0.25, 0.3) is 5.56 Å². The van der Waals surface area contributed by atoms with Crippen molar-refractivity contribution in [2.24, 2.45) is 0 Å². The van der Waals surface area contributed by atoms with Crippen LogP contribution >= 0.6 is 11.6 Å². The van der Waals surface area contributed by atoms with Gasteiger partial charge in [-0.15, -0.1) is 0 Å². The van der Waals surface area contributed by atoms with Crippen LogP contribution in [-0.2, 0) is 6.54 Å². The number of nitriles is 1. The second-order valence-corrected chi connectivity index (χ2v) is 7.28. The molecule has 158 valence electrons. The molecule has 1 heterocycles. The third-order valence-corrected chi connectivity index (χ3v) is 5.20. The molecule has 8 heteroatoms. The Balaban J connectivity index is 2.06. The van der Waals surface area contributed by atoms with Gasteiger partial charge in [0, 0.05) is 5.02 Å². The molecule has 1 aromatic heterocycles. The summed E-state index contributed by atoms with van der Waals surface area (Å²) in [5.74, 6) is -1.42. The molecule has 0 aliphatic carbocycles. The summed E-state index contributed by atoms with van der Waals surface area (Å²) in [6.45, 7) is 2.74. The predicted octanol–water partition coefficient (Wildman–Crippen LogP) is 4.23. The maximum Gasteiger partial charge on any atom is 0.271 e. The molecule has 0 spiro atoms. The minimum atomic E-state index is -1.08. The normalized spacial score (nSPS) is 11.6. The molecule has 0 saturated heterocycles. The van der Waals surface area contributed by atoms with Crippen molar-refractivity contribution in [2.45, 2.75) is 26.5 Å². The number of Topliss-reactive ketones (excluding diaryl/α,β-unsaturated/α-hetero) is 1. The number of hydrogen-bond donors (Lipinski definition) is 1. The molecule has 0 aliphatic heterocycles. The van der Waals surface area contributed by atoms with Crippen LogP contribution in [0, 0.1) is 24.1 Å². The summed E-state index contributed by atoms with van der Waals surface area (Å²) in [4.78, 5) is 25.9. The molecule has 31 heavy (non-hydrogen) atoms. The molecule has 6 nitrogen and oxygen atoms in total. The summed E-state index contributed by atoms with van der Waals surface area (Å²) in [5, 5.41) is 20.7. The molecular weight excluding hydrogens is 423 g/mol. The summed E-state index contributed by atoms with van der Waals surface area (Å²) in [6, 6.07) is 13.6. The molecule has 0 amide bonds. The Kier molecular flexibility index (Phi) is 6.42. The predicted molar refractivity (Wildman–Crippen MR) is 113 cm³/mol. The number of ketones is 1. The minimum Gasteiger partial charge on any atom is -0.494 e. The van der Waals surface area contributed by atoms with Crippen LogP contribution in [0.3, 0.4) is 0 Å². The van der Waals surface area contributed by atoms with Crippen molar-refractivity contribution in [3.8, 4) is 17.7 Å². The van der Waals surface area contributed by atoms with E-state index in [1.165, 1.54) is 38.1 Å². The topological polar surface area (TPSA) is 92.3 Å². The number of aromatic hydroxyl groups is 1. The molecule has 0 saturated carbocycles. The first kappa shape index (κ1) is 22.1. The van der Waals surface area contributed by atoms with Crippen molar-refractivity contribution in [2.75, 3.05) is 0 Å². The third-order valence-electron chi connectivity index (χ3n) is 4.83. The summed E-state index contributed by atoms with van der Waals surface area (Å²) < 4.78 is 19.6. The highest BCUT2D eigenvalue weighted by atomic mass is 35.5. The number of carbonyl (C=O) groups excluding carboxylic acids is 1. The first-order valence-electron chi connectivity index (χ1n) is 9.30. The number of ether oxygens (including phenoxy) is 1. The van der Waals surface area contributed by atoms with E-state index in [4.69, 9.17) is 16.3 Å². The van der Waals surface area contributed by atoms with Gasteiger partial charge in [0.1, 0.15) is 23.2 Å².